The van der Waals surface area contributed by atoms with E-state index in [0.29, 0.717) is 22.0 Å². The Morgan fingerprint density at radius 1 is 1.30 bits per heavy atom. The molecule has 7 heteroatoms. The summed E-state index contributed by atoms with van der Waals surface area (Å²) in [4.78, 5) is 38.3. The summed E-state index contributed by atoms with van der Waals surface area (Å²) in [7, 11) is 0. The standard InChI is InChI=1S/C20H21N3O3S/c1-11-6-7-15-12(8-11)9-16(27-15)17(24)21-14-5-3-4-13(10-14)20(2)18(25)22-19(26)23-20/h3-5,9-11H,6-8H2,1-2H3,(H,21,24)(H2,22,23,25,26)/t11-,20-/m1/s1. The minimum atomic E-state index is -1.14. The largest absolute Gasteiger partial charge is 0.322 e. The van der Waals surface area contributed by atoms with Crippen LogP contribution in [0, 0.1) is 5.92 Å². The Bertz CT molecular complexity index is 952. The molecule has 140 valence electrons. The molecule has 4 amide bonds. The molecule has 1 aromatic carbocycles. The lowest BCUT2D eigenvalue weighted by atomic mass is 9.90. The molecule has 0 spiro atoms. The van der Waals surface area contributed by atoms with Gasteiger partial charge in [-0.25, -0.2) is 4.79 Å². The van der Waals surface area contributed by atoms with Crippen molar-refractivity contribution in [2.24, 2.45) is 5.92 Å². The summed E-state index contributed by atoms with van der Waals surface area (Å²) >= 11 is 1.56. The number of anilines is 1. The van der Waals surface area contributed by atoms with Crippen molar-refractivity contribution in [3.63, 3.8) is 0 Å². The Balaban J connectivity index is 1.54. The van der Waals surface area contributed by atoms with Gasteiger partial charge in [0.1, 0.15) is 5.54 Å². The minimum absolute atomic E-state index is 0.149. The van der Waals surface area contributed by atoms with E-state index < -0.39 is 17.5 Å². The minimum Gasteiger partial charge on any atom is -0.321 e. The monoisotopic (exact) mass is 383 g/mol. The predicted octanol–water partition coefficient (Wildman–Crippen LogP) is 3.18. The molecule has 2 aliphatic rings. The molecule has 1 aliphatic carbocycles. The summed E-state index contributed by atoms with van der Waals surface area (Å²) in [6, 6.07) is 8.49. The Kier molecular flexibility index (Phi) is 4.26. The van der Waals surface area contributed by atoms with Crippen LogP contribution >= 0.6 is 11.3 Å². The van der Waals surface area contributed by atoms with Crippen LogP contribution in [0.2, 0.25) is 0 Å². The number of amides is 4. The fourth-order valence-electron chi connectivity index (χ4n) is 3.66. The molecule has 1 aromatic heterocycles. The Hall–Kier alpha value is -2.67. The van der Waals surface area contributed by atoms with Gasteiger partial charge in [-0.15, -0.1) is 11.3 Å². The van der Waals surface area contributed by atoms with Crippen LogP contribution in [0.4, 0.5) is 10.5 Å². The number of benzene rings is 1. The number of urea groups is 1. The molecule has 1 fully saturated rings. The molecular weight excluding hydrogens is 362 g/mol. The predicted molar refractivity (Wildman–Crippen MR) is 104 cm³/mol. The molecular formula is C20H21N3O3S. The lowest BCUT2D eigenvalue weighted by Gasteiger charge is -2.21. The van der Waals surface area contributed by atoms with E-state index in [1.165, 1.54) is 16.9 Å². The number of carbonyl (C=O) groups is 3. The molecule has 6 nitrogen and oxygen atoms in total. The highest BCUT2D eigenvalue weighted by Gasteiger charge is 2.43. The van der Waals surface area contributed by atoms with Gasteiger partial charge in [-0.2, -0.15) is 0 Å². The highest BCUT2D eigenvalue weighted by Crippen LogP contribution is 2.33. The van der Waals surface area contributed by atoms with Gasteiger partial charge in [-0.05, 0) is 61.4 Å². The first-order valence-electron chi connectivity index (χ1n) is 9.02. The van der Waals surface area contributed by atoms with Crippen LogP contribution < -0.4 is 16.0 Å². The first-order valence-corrected chi connectivity index (χ1v) is 9.84. The van der Waals surface area contributed by atoms with Crippen molar-refractivity contribution >= 4 is 34.9 Å². The van der Waals surface area contributed by atoms with Crippen LogP contribution in [-0.2, 0) is 23.2 Å². The van der Waals surface area contributed by atoms with E-state index in [1.54, 1.807) is 42.5 Å². The van der Waals surface area contributed by atoms with E-state index in [9.17, 15) is 14.4 Å². The number of carbonyl (C=O) groups excluding carboxylic acids is 3. The van der Waals surface area contributed by atoms with E-state index in [-0.39, 0.29) is 5.91 Å². The average Bonchev–Trinajstić information content (AvgIpc) is 3.15. The van der Waals surface area contributed by atoms with Crippen LogP contribution in [0.3, 0.4) is 0 Å². The van der Waals surface area contributed by atoms with Crippen molar-refractivity contribution in [3.05, 3.63) is 51.2 Å². The SMILES string of the molecule is C[C@@H]1CCc2sc(C(=O)Nc3cccc([C@@]4(C)NC(=O)NC4=O)c3)cc2C1. The molecule has 0 radical (unpaired) electrons. The van der Waals surface area contributed by atoms with Gasteiger partial charge in [0.05, 0.1) is 4.88 Å². The van der Waals surface area contributed by atoms with E-state index in [4.69, 9.17) is 0 Å². The van der Waals surface area contributed by atoms with E-state index in [2.05, 4.69) is 22.9 Å². The highest BCUT2D eigenvalue weighted by molar-refractivity contribution is 7.14. The van der Waals surface area contributed by atoms with Crippen LogP contribution in [0.15, 0.2) is 30.3 Å². The number of hydrogen-bond donors (Lipinski definition) is 3. The van der Waals surface area contributed by atoms with Gasteiger partial charge in [0, 0.05) is 10.6 Å². The first-order chi connectivity index (χ1) is 12.8. The Morgan fingerprint density at radius 2 is 2.11 bits per heavy atom. The number of imide groups is 1. The average molecular weight is 383 g/mol. The number of fused-ring (bicyclic) bond motifs is 1. The second kappa shape index (κ2) is 6.49. The lowest BCUT2D eigenvalue weighted by molar-refractivity contribution is -0.123. The van der Waals surface area contributed by atoms with Crippen LogP contribution in [0.1, 0.15) is 45.9 Å². The molecule has 2 atom stereocenters. The molecule has 0 unspecified atom stereocenters. The third-order valence-electron chi connectivity index (χ3n) is 5.30. The van der Waals surface area contributed by atoms with E-state index >= 15 is 0 Å². The van der Waals surface area contributed by atoms with Crippen molar-refractivity contribution < 1.29 is 14.4 Å². The van der Waals surface area contributed by atoms with Crippen molar-refractivity contribution in [1.29, 1.82) is 0 Å². The maximum Gasteiger partial charge on any atom is 0.322 e. The molecule has 1 aliphatic heterocycles. The summed E-state index contributed by atoms with van der Waals surface area (Å²) in [5.41, 5.74) is 1.35. The van der Waals surface area contributed by atoms with Crippen molar-refractivity contribution in [3.8, 4) is 0 Å². The van der Waals surface area contributed by atoms with Gasteiger partial charge in [0.2, 0.25) is 0 Å². The number of nitrogens with one attached hydrogen (secondary N) is 3. The first kappa shape index (κ1) is 17.7. The van der Waals surface area contributed by atoms with Crippen molar-refractivity contribution in [1.82, 2.24) is 10.6 Å². The lowest BCUT2D eigenvalue weighted by Crippen LogP contribution is -2.40. The second-order valence-electron chi connectivity index (χ2n) is 7.48. The third kappa shape index (κ3) is 3.23. The summed E-state index contributed by atoms with van der Waals surface area (Å²) in [6.45, 7) is 3.88. The molecule has 4 rings (SSSR count). The maximum atomic E-state index is 12.7. The van der Waals surface area contributed by atoms with E-state index in [0.717, 1.165) is 12.8 Å². The molecule has 2 heterocycles. The summed E-state index contributed by atoms with van der Waals surface area (Å²) in [5, 5.41) is 7.80. The van der Waals surface area contributed by atoms with Gasteiger partial charge in [-0.1, -0.05) is 19.1 Å². The highest BCUT2D eigenvalue weighted by atomic mass is 32.1. The van der Waals surface area contributed by atoms with Crippen LogP contribution in [0.25, 0.3) is 0 Å². The summed E-state index contributed by atoms with van der Waals surface area (Å²) in [5.74, 6) is 0.105. The quantitative estimate of drug-likeness (QED) is 0.712. The number of aryl methyl sites for hydroxylation is 1. The number of rotatable bonds is 3. The van der Waals surface area contributed by atoms with Gasteiger partial charge in [0.15, 0.2) is 0 Å². The van der Waals surface area contributed by atoms with Gasteiger partial charge in [-0.3, -0.25) is 14.9 Å². The van der Waals surface area contributed by atoms with Crippen molar-refractivity contribution in [2.75, 3.05) is 5.32 Å². The Labute approximate surface area is 161 Å². The second-order valence-corrected chi connectivity index (χ2v) is 8.61. The fraction of sp³-hybridized carbons (Fsp3) is 0.350. The molecule has 3 N–H and O–H groups in total. The Morgan fingerprint density at radius 3 is 2.85 bits per heavy atom. The van der Waals surface area contributed by atoms with E-state index in [1.807, 2.05) is 6.07 Å². The van der Waals surface area contributed by atoms with Gasteiger partial charge < -0.3 is 10.6 Å². The fourth-order valence-corrected chi connectivity index (χ4v) is 4.77. The molecule has 2 aromatic rings. The topological polar surface area (TPSA) is 87.3 Å². The van der Waals surface area contributed by atoms with Gasteiger partial charge >= 0.3 is 6.03 Å². The zero-order valence-corrected chi connectivity index (χ0v) is 16.0. The zero-order valence-electron chi connectivity index (χ0n) is 15.2. The smallest absolute Gasteiger partial charge is 0.321 e. The number of hydrogen-bond acceptors (Lipinski definition) is 4. The van der Waals surface area contributed by atoms with Crippen LogP contribution in [-0.4, -0.2) is 17.8 Å². The zero-order chi connectivity index (χ0) is 19.2. The third-order valence-corrected chi connectivity index (χ3v) is 6.53. The maximum absolute atomic E-state index is 12.7. The number of thiophene rings is 1. The van der Waals surface area contributed by atoms with Gasteiger partial charge in [0.25, 0.3) is 11.8 Å². The molecule has 27 heavy (non-hydrogen) atoms. The molecule has 0 saturated carbocycles. The molecule has 0 bridgehead atoms. The molecule has 1 saturated heterocycles. The summed E-state index contributed by atoms with van der Waals surface area (Å²) in [6.07, 6.45) is 3.24. The normalized spacial score (nSPS) is 24.1. The summed E-state index contributed by atoms with van der Waals surface area (Å²) < 4.78 is 0. The van der Waals surface area contributed by atoms with Crippen LogP contribution in [0.5, 0.6) is 0 Å². The van der Waals surface area contributed by atoms with Crippen molar-refractivity contribution in [2.45, 2.75) is 38.6 Å².